The van der Waals surface area contributed by atoms with Crippen LogP contribution in [0.25, 0.3) is 71.7 Å². The standard InChI is InChI=1S/C48H32N2O/c1-3-15-33(16-4-1)34-17-13-21-37(31-34)49(36-19-5-2-6-20-36)45-30-29-39(48-47(45)42-25-9-12-28-46(42)51-48)35-18-14-22-38(32-35)50-43-26-10-7-23-40(43)41-24-8-11-27-44(41)50/h1-32H. The molecular formula is C48H32N2O. The Morgan fingerprint density at radius 3 is 1.76 bits per heavy atom. The SMILES string of the molecule is c1ccc(-c2cccc(N(c3ccccc3)c3ccc(-c4cccc(-n5c6ccccc6c6ccccc65)c4)c4oc5ccccc5c34)c2)cc1. The fourth-order valence-corrected chi connectivity index (χ4v) is 7.70. The minimum Gasteiger partial charge on any atom is -0.455 e. The van der Waals surface area contributed by atoms with Crippen molar-refractivity contribution >= 4 is 60.8 Å². The van der Waals surface area contributed by atoms with Gasteiger partial charge < -0.3 is 13.9 Å². The van der Waals surface area contributed by atoms with Gasteiger partial charge in [0.05, 0.1) is 22.1 Å². The van der Waals surface area contributed by atoms with E-state index >= 15 is 0 Å². The van der Waals surface area contributed by atoms with Crippen LogP contribution in [-0.4, -0.2) is 4.57 Å². The number of anilines is 3. The van der Waals surface area contributed by atoms with Crippen molar-refractivity contribution in [1.29, 1.82) is 0 Å². The summed E-state index contributed by atoms with van der Waals surface area (Å²) in [5, 5.41) is 4.67. The zero-order valence-electron chi connectivity index (χ0n) is 27.8. The van der Waals surface area contributed by atoms with Crippen LogP contribution in [0.3, 0.4) is 0 Å². The zero-order chi connectivity index (χ0) is 33.7. The zero-order valence-corrected chi connectivity index (χ0v) is 27.8. The molecule has 3 nitrogen and oxygen atoms in total. The van der Waals surface area contributed by atoms with E-state index in [0.717, 1.165) is 55.8 Å². The van der Waals surface area contributed by atoms with Crippen molar-refractivity contribution in [1.82, 2.24) is 4.57 Å². The van der Waals surface area contributed by atoms with Gasteiger partial charge in [0.2, 0.25) is 0 Å². The van der Waals surface area contributed by atoms with Gasteiger partial charge in [0, 0.05) is 38.8 Å². The molecule has 0 unspecified atom stereocenters. The van der Waals surface area contributed by atoms with Crippen LogP contribution in [0, 0.1) is 0 Å². The Balaban J connectivity index is 1.20. The van der Waals surface area contributed by atoms with Crippen LogP contribution < -0.4 is 4.90 Å². The molecule has 2 aromatic heterocycles. The highest BCUT2D eigenvalue weighted by Crippen LogP contribution is 2.46. The minimum atomic E-state index is 0.866. The average molecular weight is 653 g/mol. The summed E-state index contributed by atoms with van der Waals surface area (Å²) in [6.45, 7) is 0. The lowest BCUT2D eigenvalue weighted by molar-refractivity contribution is 0.670. The molecule has 0 aliphatic heterocycles. The first-order valence-electron chi connectivity index (χ1n) is 17.4. The summed E-state index contributed by atoms with van der Waals surface area (Å²) < 4.78 is 9.20. The summed E-state index contributed by atoms with van der Waals surface area (Å²) in [5.41, 5.74) is 13.0. The van der Waals surface area contributed by atoms with Crippen molar-refractivity contribution in [3.05, 3.63) is 194 Å². The molecule has 10 aromatic rings. The van der Waals surface area contributed by atoms with Crippen LogP contribution in [0.1, 0.15) is 0 Å². The number of nitrogens with zero attached hydrogens (tertiary/aromatic N) is 2. The first-order chi connectivity index (χ1) is 25.3. The third kappa shape index (κ3) is 4.82. The lowest BCUT2D eigenvalue weighted by Crippen LogP contribution is -2.10. The maximum Gasteiger partial charge on any atom is 0.145 e. The second kappa shape index (κ2) is 11.9. The largest absolute Gasteiger partial charge is 0.455 e. The summed E-state index contributed by atoms with van der Waals surface area (Å²) in [7, 11) is 0. The van der Waals surface area contributed by atoms with E-state index in [-0.39, 0.29) is 0 Å². The van der Waals surface area contributed by atoms with E-state index in [2.05, 4.69) is 198 Å². The molecule has 0 aliphatic rings. The Morgan fingerprint density at radius 2 is 1.00 bits per heavy atom. The van der Waals surface area contributed by atoms with Crippen molar-refractivity contribution in [2.45, 2.75) is 0 Å². The topological polar surface area (TPSA) is 21.3 Å². The molecule has 10 rings (SSSR count). The van der Waals surface area contributed by atoms with E-state index in [1.165, 1.54) is 32.9 Å². The number of furan rings is 1. The van der Waals surface area contributed by atoms with Gasteiger partial charge in [0.15, 0.2) is 0 Å². The fourth-order valence-electron chi connectivity index (χ4n) is 7.70. The fraction of sp³-hybridized carbons (Fsp3) is 0. The molecule has 240 valence electrons. The van der Waals surface area contributed by atoms with Crippen molar-refractivity contribution in [3.8, 4) is 27.9 Å². The summed E-state index contributed by atoms with van der Waals surface area (Å²) >= 11 is 0. The maximum atomic E-state index is 6.83. The van der Waals surface area contributed by atoms with Crippen molar-refractivity contribution in [3.63, 3.8) is 0 Å². The maximum absolute atomic E-state index is 6.83. The van der Waals surface area contributed by atoms with Crippen LogP contribution in [-0.2, 0) is 0 Å². The van der Waals surface area contributed by atoms with Gasteiger partial charge in [0.1, 0.15) is 11.2 Å². The molecule has 0 N–H and O–H groups in total. The molecule has 0 saturated carbocycles. The summed E-state index contributed by atoms with van der Waals surface area (Å²) in [6, 6.07) is 69.0. The third-order valence-electron chi connectivity index (χ3n) is 9.97. The number of para-hydroxylation sites is 4. The van der Waals surface area contributed by atoms with Gasteiger partial charge in [-0.05, 0) is 83.4 Å². The Kier molecular flexibility index (Phi) is 6.81. The molecule has 51 heavy (non-hydrogen) atoms. The summed E-state index contributed by atoms with van der Waals surface area (Å²) in [4.78, 5) is 2.36. The van der Waals surface area contributed by atoms with Crippen molar-refractivity contribution in [2.75, 3.05) is 4.90 Å². The number of hydrogen-bond acceptors (Lipinski definition) is 2. The molecule has 2 heterocycles. The molecule has 3 heteroatoms. The van der Waals surface area contributed by atoms with Gasteiger partial charge in [-0.1, -0.05) is 127 Å². The quantitative estimate of drug-likeness (QED) is 0.178. The second-order valence-electron chi connectivity index (χ2n) is 12.9. The number of benzene rings is 8. The molecule has 0 atom stereocenters. The normalized spacial score (nSPS) is 11.5. The second-order valence-corrected chi connectivity index (χ2v) is 12.9. The van der Waals surface area contributed by atoms with E-state index in [4.69, 9.17) is 4.42 Å². The van der Waals surface area contributed by atoms with Crippen molar-refractivity contribution in [2.24, 2.45) is 0 Å². The van der Waals surface area contributed by atoms with Crippen LogP contribution in [0.4, 0.5) is 17.1 Å². The first kappa shape index (κ1) is 29.1. The summed E-state index contributed by atoms with van der Waals surface area (Å²) in [5.74, 6) is 0. The van der Waals surface area contributed by atoms with Gasteiger partial charge in [-0.3, -0.25) is 0 Å². The third-order valence-corrected chi connectivity index (χ3v) is 9.97. The highest BCUT2D eigenvalue weighted by Gasteiger charge is 2.23. The van der Waals surface area contributed by atoms with Crippen molar-refractivity contribution < 1.29 is 4.42 Å². The van der Waals surface area contributed by atoms with E-state index in [1.54, 1.807) is 0 Å². The van der Waals surface area contributed by atoms with Gasteiger partial charge in [-0.25, -0.2) is 0 Å². The van der Waals surface area contributed by atoms with Crippen LogP contribution in [0.5, 0.6) is 0 Å². The van der Waals surface area contributed by atoms with E-state index in [1.807, 2.05) is 6.07 Å². The van der Waals surface area contributed by atoms with E-state index in [9.17, 15) is 0 Å². The molecule has 0 spiro atoms. The Bertz CT molecular complexity index is 2810. The molecule has 8 aromatic carbocycles. The number of rotatable bonds is 6. The van der Waals surface area contributed by atoms with Crippen LogP contribution in [0.2, 0.25) is 0 Å². The Morgan fingerprint density at radius 1 is 0.412 bits per heavy atom. The van der Waals surface area contributed by atoms with Gasteiger partial charge >= 0.3 is 0 Å². The average Bonchev–Trinajstić information content (AvgIpc) is 3.76. The highest BCUT2D eigenvalue weighted by molar-refractivity contribution is 6.17. The van der Waals surface area contributed by atoms with E-state index < -0.39 is 0 Å². The van der Waals surface area contributed by atoms with Gasteiger partial charge in [-0.15, -0.1) is 0 Å². The Labute approximate surface area is 295 Å². The number of aromatic nitrogens is 1. The molecule has 0 radical (unpaired) electrons. The van der Waals surface area contributed by atoms with Gasteiger partial charge in [-0.2, -0.15) is 0 Å². The molecule has 0 bridgehead atoms. The molecule has 0 aliphatic carbocycles. The van der Waals surface area contributed by atoms with Gasteiger partial charge in [0.25, 0.3) is 0 Å². The lowest BCUT2D eigenvalue weighted by atomic mass is 9.99. The molecular weight excluding hydrogens is 621 g/mol. The highest BCUT2D eigenvalue weighted by atomic mass is 16.3. The number of fused-ring (bicyclic) bond motifs is 6. The molecule has 0 amide bonds. The first-order valence-corrected chi connectivity index (χ1v) is 17.4. The van der Waals surface area contributed by atoms with Crippen LogP contribution in [0.15, 0.2) is 199 Å². The Hall–Kier alpha value is -6.84. The molecule has 0 fully saturated rings. The predicted molar refractivity (Wildman–Crippen MR) is 214 cm³/mol. The smallest absolute Gasteiger partial charge is 0.145 e. The lowest BCUT2D eigenvalue weighted by Gasteiger charge is -2.27. The van der Waals surface area contributed by atoms with Crippen LogP contribution >= 0.6 is 0 Å². The van der Waals surface area contributed by atoms with E-state index in [0.29, 0.717) is 0 Å². The molecule has 0 saturated heterocycles. The minimum absolute atomic E-state index is 0.866. The predicted octanol–water partition coefficient (Wildman–Crippen LogP) is 13.5. The summed E-state index contributed by atoms with van der Waals surface area (Å²) in [6.07, 6.45) is 0. The number of hydrogen-bond donors (Lipinski definition) is 0. The monoisotopic (exact) mass is 652 g/mol.